The van der Waals surface area contributed by atoms with E-state index in [1.54, 1.807) is 0 Å². The van der Waals surface area contributed by atoms with E-state index < -0.39 is 0 Å². The fourth-order valence-electron chi connectivity index (χ4n) is 8.21. The molecular formula is C54H105ClN2O2. The molecule has 0 aromatic rings. The van der Waals surface area contributed by atoms with E-state index >= 15 is 0 Å². The maximum absolute atomic E-state index is 12.9. The third-order valence-electron chi connectivity index (χ3n) is 12.2. The zero-order valence-corrected chi connectivity index (χ0v) is 41.2. The number of allylic oxidation sites excluding steroid dienone is 4. The molecule has 0 fully saturated rings. The van der Waals surface area contributed by atoms with Crippen molar-refractivity contribution in [1.82, 2.24) is 9.96 Å². The Hall–Kier alpha value is -0.840. The number of carbonyl (C=O) groups is 1. The van der Waals surface area contributed by atoms with Crippen LogP contribution in [0.5, 0.6) is 0 Å². The molecule has 0 saturated heterocycles. The highest BCUT2D eigenvalue weighted by Crippen LogP contribution is 2.16. The Labute approximate surface area is 376 Å². The molecule has 0 aliphatic carbocycles. The van der Waals surface area contributed by atoms with E-state index in [4.69, 9.17) is 16.4 Å². The second-order valence-electron chi connectivity index (χ2n) is 18.1. The molecule has 0 radical (unpaired) electrons. The lowest BCUT2D eigenvalue weighted by atomic mass is 10.1. The summed E-state index contributed by atoms with van der Waals surface area (Å²) in [6.07, 6.45) is 60.9. The van der Waals surface area contributed by atoms with Gasteiger partial charge in [-0.25, -0.2) is 0 Å². The molecule has 0 heterocycles. The quantitative estimate of drug-likeness (QED) is 0.0264. The van der Waals surface area contributed by atoms with Crippen molar-refractivity contribution < 1.29 is 9.63 Å². The van der Waals surface area contributed by atoms with Crippen LogP contribution < -0.4 is 0 Å². The molecule has 0 saturated carbocycles. The third-order valence-corrected chi connectivity index (χ3v) is 12.4. The van der Waals surface area contributed by atoms with Gasteiger partial charge in [-0.05, 0) is 77.3 Å². The highest BCUT2D eigenvalue weighted by atomic mass is 35.5. The van der Waals surface area contributed by atoms with Crippen LogP contribution in [0, 0.1) is 0 Å². The molecule has 0 aromatic carbocycles. The van der Waals surface area contributed by atoms with Crippen LogP contribution in [0.3, 0.4) is 0 Å². The third kappa shape index (κ3) is 48.1. The lowest BCUT2D eigenvalue weighted by Gasteiger charge is -2.21. The summed E-state index contributed by atoms with van der Waals surface area (Å²) in [6, 6.07) is 0. The summed E-state index contributed by atoms with van der Waals surface area (Å²) < 4.78 is 0. The highest BCUT2D eigenvalue weighted by molar-refractivity contribution is 6.18. The Balaban J connectivity index is 4.05. The van der Waals surface area contributed by atoms with Crippen molar-refractivity contribution in [2.24, 2.45) is 0 Å². The van der Waals surface area contributed by atoms with Crippen LogP contribution in [0.1, 0.15) is 278 Å². The van der Waals surface area contributed by atoms with Gasteiger partial charge in [0.15, 0.2) is 0 Å². The number of halogens is 1. The van der Waals surface area contributed by atoms with E-state index in [1.165, 1.54) is 231 Å². The van der Waals surface area contributed by atoms with Crippen LogP contribution >= 0.6 is 11.6 Å². The summed E-state index contributed by atoms with van der Waals surface area (Å²) in [6.45, 7) is 12.1. The van der Waals surface area contributed by atoms with Gasteiger partial charge in [-0.2, -0.15) is 0 Å². The maximum atomic E-state index is 12.9. The van der Waals surface area contributed by atoms with Crippen LogP contribution in [-0.2, 0) is 9.63 Å². The number of hydrogen-bond acceptors (Lipinski definition) is 4. The molecule has 350 valence electrons. The Morgan fingerprint density at radius 3 is 1.12 bits per heavy atom. The van der Waals surface area contributed by atoms with Crippen molar-refractivity contribution in [3.8, 4) is 0 Å². The molecule has 0 N–H and O–H groups in total. The predicted molar refractivity (Wildman–Crippen MR) is 265 cm³/mol. The summed E-state index contributed by atoms with van der Waals surface area (Å²) in [5.74, 6) is 0.726. The topological polar surface area (TPSA) is 32.8 Å². The van der Waals surface area contributed by atoms with Gasteiger partial charge in [-0.3, -0.25) is 4.79 Å². The molecule has 4 nitrogen and oxygen atoms in total. The number of alkyl halides is 1. The van der Waals surface area contributed by atoms with E-state index in [0.717, 1.165) is 57.6 Å². The van der Waals surface area contributed by atoms with Crippen LogP contribution in [0.4, 0.5) is 0 Å². The minimum Gasteiger partial charge on any atom is -0.368 e. The molecule has 0 bridgehead atoms. The van der Waals surface area contributed by atoms with Crippen LogP contribution in [0.15, 0.2) is 24.3 Å². The van der Waals surface area contributed by atoms with Crippen molar-refractivity contribution in [3.63, 3.8) is 0 Å². The van der Waals surface area contributed by atoms with Crippen LogP contribution in [0.2, 0.25) is 0 Å². The molecule has 0 aliphatic heterocycles. The molecule has 0 spiro atoms. The van der Waals surface area contributed by atoms with Gasteiger partial charge in [0.05, 0.1) is 0 Å². The van der Waals surface area contributed by atoms with Crippen molar-refractivity contribution in [1.29, 1.82) is 0 Å². The zero-order chi connectivity index (χ0) is 42.8. The van der Waals surface area contributed by atoms with Gasteiger partial charge >= 0.3 is 5.97 Å². The summed E-state index contributed by atoms with van der Waals surface area (Å²) in [5, 5.41) is 2.03. The fraction of sp³-hybridized carbons (Fsp3) is 0.907. The van der Waals surface area contributed by atoms with E-state index in [2.05, 4.69) is 50.0 Å². The van der Waals surface area contributed by atoms with Crippen LogP contribution in [-0.4, -0.2) is 54.5 Å². The van der Waals surface area contributed by atoms with Crippen molar-refractivity contribution >= 4 is 17.6 Å². The second kappa shape index (κ2) is 51.5. The molecule has 0 amide bonds. The summed E-state index contributed by atoms with van der Waals surface area (Å²) in [7, 11) is 0. The largest absolute Gasteiger partial charge is 0.368 e. The summed E-state index contributed by atoms with van der Waals surface area (Å²) in [4.78, 5) is 21.4. The van der Waals surface area contributed by atoms with Gasteiger partial charge in [-0.15, -0.1) is 16.7 Å². The summed E-state index contributed by atoms with van der Waals surface area (Å²) in [5.41, 5.74) is 0. The second-order valence-corrected chi connectivity index (χ2v) is 18.5. The number of rotatable bonds is 50. The molecule has 59 heavy (non-hydrogen) atoms. The normalized spacial score (nSPS) is 12.0. The minimum atomic E-state index is -0.0108. The lowest BCUT2D eigenvalue weighted by Crippen LogP contribution is -2.29. The molecule has 0 unspecified atom stereocenters. The molecular weight excluding hydrogens is 744 g/mol. The SMILES string of the molecule is CCCCC/C=C\C/C=C\CCCCCCCCN(CCCl)CCCCCCCCCC(=O)ON(CCCCCCCCCCCC)CCCCCCCCCCCC. The standard InChI is InChI=1S/C54H105ClN2O2/c1-4-7-10-13-16-19-22-23-24-25-26-27-28-33-38-43-49-56(53-48-55)50-44-39-34-31-32-37-42-47-54(58)59-57(51-45-40-35-29-20-17-14-11-8-5-2)52-46-41-36-30-21-18-15-12-9-6-3/h16,19,23-24H,4-15,17-18,20-22,25-53H2,1-3H3/b19-16-,24-23-. The van der Waals surface area contributed by atoms with E-state index in [0.29, 0.717) is 6.42 Å². The Kier molecular flexibility index (Phi) is 50.8. The lowest BCUT2D eigenvalue weighted by molar-refractivity contribution is -0.191. The smallest absolute Gasteiger partial charge is 0.325 e. The van der Waals surface area contributed by atoms with Crippen molar-refractivity contribution in [2.45, 2.75) is 278 Å². The van der Waals surface area contributed by atoms with Gasteiger partial charge in [0.1, 0.15) is 0 Å². The predicted octanol–water partition coefficient (Wildman–Crippen LogP) is 18.1. The molecule has 0 rings (SSSR count). The van der Waals surface area contributed by atoms with Gasteiger partial charge in [0.25, 0.3) is 0 Å². The Bertz CT molecular complexity index is 839. The van der Waals surface area contributed by atoms with Gasteiger partial charge in [0, 0.05) is 31.9 Å². The highest BCUT2D eigenvalue weighted by Gasteiger charge is 2.12. The van der Waals surface area contributed by atoms with Gasteiger partial charge in [0.2, 0.25) is 0 Å². The number of carbonyl (C=O) groups excluding carboxylic acids is 1. The van der Waals surface area contributed by atoms with Crippen molar-refractivity contribution in [2.75, 3.05) is 38.6 Å². The number of hydroxylamine groups is 2. The Morgan fingerprint density at radius 2 is 0.712 bits per heavy atom. The number of unbranched alkanes of at least 4 members (excludes halogenated alkanes) is 33. The Morgan fingerprint density at radius 1 is 0.390 bits per heavy atom. The van der Waals surface area contributed by atoms with Gasteiger partial charge in [-0.1, -0.05) is 231 Å². The minimum absolute atomic E-state index is 0.0108. The first-order valence-electron chi connectivity index (χ1n) is 26.7. The average molecular weight is 850 g/mol. The summed E-state index contributed by atoms with van der Waals surface area (Å²) >= 11 is 6.16. The number of hydrogen-bond donors (Lipinski definition) is 0. The fourth-order valence-corrected chi connectivity index (χ4v) is 8.45. The molecule has 0 aliphatic rings. The van der Waals surface area contributed by atoms with E-state index in [9.17, 15) is 4.79 Å². The number of nitrogens with zero attached hydrogens (tertiary/aromatic N) is 2. The molecule has 0 atom stereocenters. The first-order chi connectivity index (χ1) is 29.2. The van der Waals surface area contributed by atoms with Crippen molar-refractivity contribution in [3.05, 3.63) is 24.3 Å². The first kappa shape index (κ1) is 58.2. The van der Waals surface area contributed by atoms with Crippen LogP contribution in [0.25, 0.3) is 0 Å². The monoisotopic (exact) mass is 849 g/mol. The van der Waals surface area contributed by atoms with Gasteiger partial charge < -0.3 is 9.74 Å². The molecule has 5 heteroatoms. The van der Waals surface area contributed by atoms with E-state index in [1.807, 2.05) is 5.06 Å². The zero-order valence-electron chi connectivity index (χ0n) is 40.4. The first-order valence-corrected chi connectivity index (χ1v) is 27.2. The average Bonchev–Trinajstić information content (AvgIpc) is 3.23. The molecule has 0 aromatic heterocycles. The maximum Gasteiger partial charge on any atom is 0.325 e. The van der Waals surface area contributed by atoms with E-state index in [-0.39, 0.29) is 5.97 Å².